The molecule has 5 aromatic rings. The Balaban J connectivity index is 1.22. The number of imidazole rings is 1. The van der Waals surface area contributed by atoms with E-state index in [0.717, 1.165) is 23.1 Å². The van der Waals surface area contributed by atoms with Crippen LogP contribution in [0.2, 0.25) is 0 Å². The molecule has 1 saturated heterocycles. The topological polar surface area (TPSA) is 152 Å². The van der Waals surface area contributed by atoms with E-state index in [-0.39, 0.29) is 41.3 Å². The average Bonchev–Trinajstić information content (AvgIpc) is 3.40. The van der Waals surface area contributed by atoms with Crippen LogP contribution in [-0.4, -0.2) is 69.3 Å². The molecule has 2 amide bonds. The molecule has 12 nitrogen and oxygen atoms in total. The molecule has 5 heterocycles. The third kappa shape index (κ3) is 4.86. The normalized spacial score (nSPS) is 20.5. The van der Waals surface area contributed by atoms with E-state index in [1.807, 2.05) is 44.2 Å². The third-order valence-corrected chi connectivity index (χ3v) is 9.05. The van der Waals surface area contributed by atoms with Crippen molar-refractivity contribution in [3.05, 3.63) is 82.6 Å². The molecule has 13 heteroatoms. The van der Waals surface area contributed by atoms with Gasteiger partial charge in [-0.1, -0.05) is 19.1 Å². The van der Waals surface area contributed by atoms with Crippen LogP contribution in [0.5, 0.6) is 0 Å². The van der Waals surface area contributed by atoms with Crippen molar-refractivity contribution in [2.45, 2.75) is 52.2 Å². The monoisotopic (exact) mass is 653 g/mol. The van der Waals surface area contributed by atoms with Crippen LogP contribution in [0.3, 0.4) is 0 Å². The Kier molecular flexibility index (Phi) is 6.65. The van der Waals surface area contributed by atoms with Gasteiger partial charge in [0.15, 0.2) is 5.82 Å². The van der Waals surface area contributed by atoms with Crippen LogP contribution < -0.4 is 5.32 Å². The quantitative estimate of drug-likeness (QED) is 0.195. The first kappa shape index (κ1) is 28.0. The van der Waals surface area contributed by atoms with Crippen LogP contribution in [0.25, 0.3) is 22.0 Å². The van der Waals surface area contributed by atoms with E-state index in [0.29, 0.717) is 33.6 Å². The molecule has 0 bridgehead atoms. The van der Waals surface area contributed by atoms with E-state index in [4.69, 9.17) is 0 Å². The van der Waals surface area contributed by atoms with Crippen molar-refractivity contribution in [2.75, 3.05) is 5.32 Å². The zero-order valence-corrected chi connectivity index (χ0v) is 25.8. The van der Waals surface area contributed by atoms with Crippen molar-refractivity contribution in [2.24, 2.45) is 5.41 Å². The van der Waals surface area contributed by atoms with Crippen molar-refractivity contribution in [1.82, 2.24) is 39.6 Å². The van der Waals surface area contributed by atoms with E-state index in [1.54, 1.807) is 23.5 Å². The molecule has 0 spiro atoms. The number of hydrogen-bond acceptors (Lipinski definition) is 8. The highest BCUT2D eigenvalue weighted by molar-refractivity contribution is 9.10. The lowest BCUT2D eigenvalue weighted by Crippen LogP contribution is -2.47. The molecule has 7 rings (SSSR count). The van der Waals surface area contributed by atoms with Crippen LogP contribution >= 0.6 is 15.9 Å². The predicted molar refractivity (Wildman–Crippen MR) is 165 cm³/mol. The van der Waals surface area contributed by atoms with Gasteiger partial charge in [0.2, 0.25) is 17.6 Å². The summed E-state index contributed by atoms with van der Waals surface area (Å²) in [6, 6.07) is 8.56. The zero-order valence-electron chi connectivity index (χ0n) is 24.2. The molecule has 44 heavy (non-hydrogen) atoms. The Bertz CT molecular complexity index is 1950. The van der Waals surface area contributed by atoms with Crippen LogP contribution in [0.4, 0.5) is 5.82 Å². The highest BCUT2D eigenvalue weighted by Crippen LogP contribution is 2.59. The number of H-pyrrole nitrogens is 1. The van der Waals surface area contributed by atoms with Gasteiger partial charge in [-0.25, -0.2) is 19.9 Å². The van der Waals surface area contributed by atoms with Crippen LogP contribution in [0, 0.1) is 19.3 Å². The number of aromatic amines is 1. The van der Waals surface area contributed by atoms with E-state index >= 15 is 0 Å². The van der Waals surface area contributed by atoms with Crippen molar-refractivity contribution in [3.8, 4) is 11.1 Å². The minimum Gasteiger partial charge on any atom is -0.342 e. The van der Waals surface area contributed by atoms with Gasteiger partial charge in [-0.05, 0) is 77.4 Å². The molecule has 1 aliphatic heterocycles. The molecule has 0 radical (unpaired) electrons. The summed E-state index contributed by atoms with van der Waals surface area (Å²) in [5.74, 6) is 0.342. The fraction of sp³-hybridized carbons (Fsp3) is 0.290. The maximum atomic E-state index is 14.0. The summed E-state index contributed by atoms with van der Waals surface area (Å²) in [5.41, 5.74) is 3.07. The number of pyridine rings is 1. The molecule has 0 unspecified atom stereocenters. The Labute approximate surface area is 260 Å². The Morgan fingerprint density at radius 2 is 1.86 bits per heavy atom. The standard InChI is InChI=1S/C31H28BrN9O3/c1-16-4-7-24(32)37-28(16)38-30(44)22-11-31(3)12-23(31)41(22)25(42)15-40-21-6-5-18(19-13-35-17(2)36-14-19)10-20(21)26(39-40)27(43)29-33-8-9-34-29/h4-10,13-14,22-23H,11-12,15H2,1-3H3,(H,33,34)(H,37,38,44)/t22-,23+,31-/m0/s1. The summed E-state index contributed by atoms with van der Waals surface area (Å²) in [4.78, 5) is 62.7. The molecule has 3 atom stereocenters. The number of ketones is 1. The maximum Gasteiger partial charge on any atom is 0.249 e. The second-order valence-electron chi connectivity index (χ2n) is 11.7. The highest BCUT2D eigenvalue weighted by Gasteiger charge is 2.64. The Hall–Kier alpha value is -4.78. The van der Waals surface area contributed by atoms with Gasteiger partial charge in [0.05, 0.1) is 5.52 Å². The number of benzene rings is 1. The number of hydrogen-bond donors (Lipinski definition) is 2. The number of fused-ring (bicyclic) bond motifs is 2. The van der Waals surface area contributed by atoms with Crippen LogP contribution in [-0.2, 0) is 16.1 Å². The van der Waals surface area contributed by atoms with Crippen LogP contribution in [0.1, 0.15) is 47.5 Å². The molecule has 2 fully saturated rings. The van der Waals surface area contributed by atoms with Gasteiger partial charge >= 0.3 is 0 Å². The molecule has 2 N–H and O–H groups in total. The van der Waals surface area contributed by atoms with E-state index in [2.05, 4.69) is 58.2 Å². The smallest absolute Gasteiger partial charge is 0.249 e. The lowest BCUT2D eigenvalue weighted by atomic mass is 10.0. The number of piperidine rings is 1. The van der Waals surface area contributed by atoms with Gasteiger partial charge < -0.3 is 15.2 Å². The van der Waals surface area contributed by atoms with Crippen molar-refractivity contribution in [1.29, 1.82) is 0 Å². The number of aryl methyl sites for hydroxylation is 2. The number of nitrogens with one attached hydrogen (secondary N) is 2. The number of nitrogens with zero attached hydrogens (tertiary/aromatic N) is 7. The molecular weight excluding hydrogens is 626 g/mol. The van der Waals surface area contributed by atoms with E-state index in [1.165, 1.54) is 10.9 Å². The number of carbonyl (C=O) groups is 3. The Morgan fingerprint density at radius 1 is 1.07 bits per heavy atom. The first-order valence-corrected chi connectivity index (χ1v) is 15.0. The lowest BCUT2D eigenvalue weighted by Gasteiger charge is -2.27. The summed E-state index contributed by atoms with van der Waals surface area (Å²) < 4.78 is 2.15. The molecule has 4 aromatic heterocycles. The molecular formula is C31H28BrN9O3. The van der Waals surface area contributed by atoms with E-state index in [9.17, 15) is 14.4 Å². The third-order valence-electron chi connectivity index (χ3n) is 8.61. The second kappa shape index (κ2) is 10.4. The van der Waals surface area contributed by atoms with Crippen LogP contribution in [0.15, 0.2) is 59.7 Å². The fourth-order valence-electron chi connectivity index (χ4n) is 6.09. The Morgan fingerprint density at radius 3 is 2.61 bits per heavy atom. The van der Waals surface area contributed by atoms with Gasteiger partial charge in [0.1, 0.15) is 34.5 Å². The first-order valence-electron chi connectivity index (χ1n) is 14.2. The van der Waals surface area contributed by atoms with Gasteiger partial charge in [-0.15, -0.1) is 0 Å². The lowest BCUT2D eigenvalue weighted by molar-refractivity contribution is -0.138. The van der Waals surface area contributed by atoms with Crippen molar-refractivity contribution in [3.63, 3.8) is 0 Å². The minimum atomic E-state index is -0.648. The van der Waals surface area contributed by atoms with Gasteiger partial charge in [0.25, 0.3) is 0 Å². The molecule has 1 aromatic carbocycles. The zero-order chi connectivity index (χ0) is 30.7. The number of aromatic nitrogens is 7. The number of amides is 2. The number of anilines is 1. The van der Waals surface area contributed by atoms with Gasteiger partial charge in [-0.2, -0.15) is 5.10 Å². The number of halogens is 1. The predicted octanol–water partition coefficient (Wildman–Crippen LogP) is 4.24. The molecule has 222 valence electrons. The first-order chi connectivity index (χ1) is 21.1. The largest absolute Gasteiger partial charge is 0.342 e. The molecule has 1 aliphatic carbocycles. The SMILES string of the molecule is Cc1ncc(-c2ccc3c(c2)c(C(=O)c2ncc[nH]2)nn3CC(=O)N2[C@H](C(=O)Nc3nc(Br)ccc3C)C[C@@]3(C)C[C@@H]23)cn1. The number of rotatable bonds is 7. The average molecular weight is 655 g/mol. The summed E-state index contributed by atoms with van der Waals surface area (Å²) in [5, 5.41) is 8.13. The number of likely N-dealkylation sites (tertiary alicyclic amines) is 1. The van der Waals surface area contributed by atoms with Gasteiger partial charge in [-0.3, -0.25) is 19.1 Å². The number of carbonyl (C=O) groups excluding carboxylic acids is 3. The maximum absolute atomic E-state index is 14.0. The van der Waals surface area contributed by atoms with E-state index < -0.39 is 11.8 Å². The molecule has 2 aliphatic rings. The van der Waals surface area contributed by atoms with Crippen molar-refractivity contribution < 1.29 is 14.4 Å². The summed E-state index contributed by atoms with van der Waals surface area (Å²) >= 11 is 3.36. The summed E-state index contributed by atoms with van der Waals surface area (Å²) in [7, 11) is 0. The summed E-state index contributed by atoms with van der Waals surface area (Å²) in [6.45, 7) is 5.64. The molecule has 1 saturated carbocycles. The van der Waals surface area contributed by atoms with Crippen molar-refractivity contribution >= 4 is 50.2 Å². The minimum absolute atomic E-state index is 0.0403. The van der Waals surface area contributed by atoms with Gasteiger partial charge in [0, 0.05) is 41.8 Å². The summed E-state index contributed by atoms with van der Waals surface area (Å²) in [6.07, 6.45) is 7.92. The highest BCUT2D eigenvalue weighted by atomic mass is 79.9. The second-order valence-corrected chi connectivity index (χ2v) is 12.5. The fourth-order valence-corrected chi connectivity index (χ4v) is 6.40.